The number of nitrogens with one attached hydrogen (secondary N) is 1. The van der Waals surface area contributed by atoms with Crippen LogP contribution in [0.3, 0.4) is 0 Å². The number of hydrogen-bond donors (Lipinski definition) is 3. The van der Waals surface area contributed by atoms with Crippen LogP contribution in [0.1, 0.15) is 11.3 Å². The van der Waals surface area contributed by atoms with Gasteiger partial charge in [-0.05, 0) is 24.6 Å². The summed E-state index contributed by atoms with van der Waals surface area (Å²) in [7, 11) is 0. The van der Waals surface area contributed by atoms with E-state index in [0.717, 1.165) is 17.3 Å². The predicted molar refractivity (Wildman–Crippen MR) is 92.9 cm³/mol. The topological polar surface area (TPSA) is 110 Å². The number of aliphatic hydroxyl groups excluding tert-OH is 1. The van der Waals surface area contributed by atoms with Crippen molar-refractivity contribution in [3.63, 3.8) is 0 Å². The molecule has 0 saturated heterocycles. The summed E-state index contributed by atoms with van der Waals surface area (Å²) in [6.07, 6.45) is 1.45. The SMILES string of the molecule is Cc1ccc(NC(=O)CSc2ncc(CO)n2CC(N)=O)cc1Cl. The Labute approximate surface area is 148 Å². The Kier molecular flexibility index (Phi) is 6.24. The number of carbonyl (C=O) groups is 2. The maximum atomic E-state index is 12.0. The number of aryl methyl sites for hydroxylation is 1. The molecule has 0 saturated carbocycles. The van der Waals surface area contributed by atoms with E-state index in [0.29, 0.717) is 21.6 Å². The van der Waals surface area contributed by atoms with E-state index in [-0.39, 0.29) is 24.8 Å². The molecule has 4 N–H and O–H groups in total. The summed E-state index contributed by atoms with van der Waals surface area (Å²) >= 11 is 7.17. The Morgan fingerprint density at radius 1 is 1.46 bits per heavy atom. The fourth-order valence-corrected chi connectivity index (χ4v) is 2.93. The molecule has 2 rings (SSSR count). The van der Waals surface area contributed by atoms with Gasteiger partial charge in [-0.15, -0.1) is 0 Å². The van der Waals surface area contributed by atoms with Gasteiger partial charge in [0.15, 0.2) is 5.16 Å². The highest BCUT2D eigenvalue weighted by Gasteiger charge is 2.14. The molecule has 1 heterocycles. The van der Waals surface area contributed by atoms with Crippen LogP contribution in [-0.4, -0.2) is 32.2 Å². The maximum absolute atomic E-state index is 12.0. The van der Waals surface area contributed by atoms with E-state index in [2.05, 4.69) is 10.3 Å². The van der Waals surface area contributed by atoms with Crippen LogP contribution >= 0.6 is 23.4 Å². The van der Waals surface area contributed by atoms with Crippen LogP contribution in [0.4, 0.5) is 5.69 Å². The quantitative estimate of drug-likeness (QED) is 0.642. The second-order valence-electron chi connectivity index (χ2n) is 5.04. The highest BCUT2D eigenvalue weighted by molar-refractivity contribution is 7.99. The summed E-state index contributed by atoms with van der Waals surface area (Å²) in [5.74, 6) is -0.700. The highest BCUT2D eigenvalue weighted by Crippen LogP contribution is 2.22. The molecule has 7 nitrogen and oxygen atoms in total. The lowest BCUT2D eigenvalue weighted by Crippen LogP contribution is -2.21. The van der Waals surface area contributed by atoms with Crippen molar-refractivity contribution in [3.8, 4) is 0 Å². The van der Waals surface area contributed by atoms with Crippen LogP contribution in [0.5, 0.6) is 0 Å². The van der Waals surface area contributed by atoms with Crippen molar-refractivity contribution in [2.75, 3.05) is 11.1 Å². The predicted octanol–water partition coefficient (Wildman–Crippen LogP) is 1.55. The minimum absolute atomic E-state index is 0.0894. The number of aliphatic hydroxyl groups is 1. The molecule has 2 aromatic rings. The minimum Gasteiger partial charge on any atom is -0.390 e. The molecular weight excluding hydrogens is 352 g/mol. The van der Waals surface area contributed by atoms with Crippen molar-refractivity contribution >= 4 is 40.9 Å². The molecule has 128 valence electrons. The van der Waals surface area contributed by atoms with Crippen LogP contribution < -0.4 is 11.1 Å². The molecule has 0 fully saturated rings. The Hall–Kier alpha value is -2.03. The molecule has 1 aromatic carbocycles. The first kappa shape index (κ1) is 18.3. The van der Waals surface area contributed by atoms with Crippen molar-refractivity contribution in [2.45, 2.75) is 25.2 Å². The summed E-state index contributed by atoms with van der Waals surface area (Å²) in [5, 5.41) is 13.0. The summed E-state index contributed by atoms with van der Waals surface area (Å²) in [6.45, 7) is 1.50. The lowest BCUT2D eigenvalue weighted by atomic mass is 10.2. The third-order valence-corrected chi connectivity index (χ3v) is 4.56. The van der Waals surface area contributed by atoms with Crippen molar-refractivity contribution < 1.29 is 14.7 Å². The number of nitrogens with zero attached hydrogens (tertiary/aromatic N) is 2. The Morgan fingerprint density at radius 3 is 2.83 bits per heavy atom. The molecule has 0 unspecified atom stereocenters. The van der Waals surface area contributed by atoms with E-state index in [1.165, 1.54) is 10.8 Å². The van der Waals surface area contributed by atoms with Crippen molar-refractivity contribution in [2.24, 2.45) is 5.73 Å². The standard InChI is InChI=1S/C15H17ClN4O3S/c1-9-2-3-10(4-12(9)16)19-14(23)8-24-15-18-5-11(7-21)20(15)6-13(17)22/h2-5,21H,6-8H2,1H3,(H2,17,22)(H,19,23). The van der Waals surface area contributed by atoms with Gasteiger partial charge in [-0.25, -0.2) is 4.98 Å². The van der Waals surface area contributed by atoms with Gasteiger partial charge >= 0.3 is 0 Å². The van der Waals surface area contributed by atoms with E-state index < -0.39 is 5.91 Å². The number of benzene rings is 1. The van der Waals surface area contributed by atoms with Crippen LogP contribution in [0.25, 0.3) is 0 Å². The number of amides is 2. The van der Waals surface area contributed by atoms with Gasteiger partial charge in [-0.1, -0.05) is 29.4 Å². The number of thioether (sulfide) groups is 1. The number of aromatic nitrogens is 2. The van der Waals surface area contributed by atoms with Gasteiger partial charge in [-0.3, -0.25) is 9.59 Å². The summed E-state index contributed by atoms with van der Waals surface area (Å²) in [4.78, 5) is 27.3. The van der Waals surface area contributed by atoms with Crippen LogP contribution in [-0.2, 0) is 22.7 Å². The summed E-state index contributed by atoms with van der Waals surface area (Å²) in [5.41, 5.74) is 7.18. The second kappa shape index (κ2) is 8.18. The lowest BCUT2D eigenvalue weighted by Gasteiger charge is -2.09. The van der Waals surface area contributed by atoms with Gasteiger partial charge in [0.05, 0.1) is 24.3 Å². The average molecular weight is 369 g/mol. The Bertz CT molecular complexity index is 763. The molecular formula is C15H17ClN4O3S. The largest absolute Gasteiger partial charge is 0.390 e. The van der Waals surface area contributed by atoms with Crippen molar-refractivity contribution in [3.05, 3.63) is 40.7 Å². The van der Waals surface area contributed by atoms with Gasteiger partial charge in [0.25, 0.3) is 0 Å². The normalized spacial score (nSPS) is 10.6. The zero-order valence-corrected chi connectivity index (χ0v) is 14.5. The Morgan fingerprint density at radius 2 is 2.21 bits per heavy atom. The number of carbonyl (C=O) groups excluding carboxylic acids is 2. The molecule has 0 bridgehead atoms. The van der Waals surface area contributed by atoms with E-state index in [4.69, 9.17) is 17.3 Å². The highest BCUT2D eigenvalue weighted by atomic mass is 35.5. The van der Waals surface area contributed by atoms with Crippen molar-refractivity contribution in [1.82, 2.24) is 9.55 Å². The van der Waals surface area contributed by atoms with Crippen LogP contribution in [0, 0.1) is 6.92 Å². The number of nitrogens with two attached hydrogens (primary N) is 1. The molecule has 24 heavy (non-hydrogen) atoms. The van der Waals surface area contributed by atoms with Gasteiger partial charge in [0, 0.05) is 10.7 Å². The van der Waals surface area contributed by atoms with E-state index >= 15 is 0 Å². The molecule has 1 aromatic heterocycles. The third-order valence-electron chi connectivity index (χ3n) is 3.17. The van der Waals surface area contributed by atoms with E-state index in [1.807, 2.05) is 13.0 Å². The maximum Gasteiger partial charge on any atom is 0.237 e. The van der Waals surface area contributed by atoms with Gasteiger partial charge in [-0.2, -0.15) is 0 Å². The molecule has 0 aliphatic carbocycles. The number of halogens is 1. The Balaban J connectivity index is 1.99. The zero-order chi connectivity index (χ0) is 17.7. The summed E-state index contributed by atoms with van der Waals surface area (Å²) < 4.78 is 1.49. The number of anilines is 1. The first-order valence-corrected chi connectivity index (χ1v) is 8.39. The third kappa shape index (κ3) is 4.73. The molecule has 0 aliphatic heterocycles. The molecule has 0 radical (unpaired) electrons. The average Bonchev–Trinajstić information content (AvgIpc) is 2.90. The monoisotopic (exact) mass is 368 g/mol. The second-order valence-corrected chi connectivity index (χ2v) is 6.39. The fourth-order valence-electron chi connectivity index (χ4n) is 1.96. The van der Waals surface area contributed by atoms with Gasteiger partial charge < -0.3 is 20.7 Å². The minimum atomic E-state index is -0.553. The molecule has 0 atom stereocenters. The number of rotatable bonds is 7. The van der Waals surface area contributed by atoms with E-state index in [1.54, 1.807) is 12.1 Å². The van der Waals surface area contributed by atoms with Crippen LogP contribution in [0.15, 0.2) is 29.6 Å². The molecule has 0 spiro atoms. The van der Waals surface area contributed by atoms with Gasteiger partial charge in [0.2, 0.25) is 11.8 Å². The summed E-state index contributed by atoms with van der Waals surface area (Å²) in [6, 6.07) is 5.26. The number of imidazole rings is 1. The van der Waals surface area contributed by atoms with Gasteiger partial charge in [0.1, 0.15) is 6.54 Å². The molecule has 0 aliphatic rings. The first-order chi connectivity index (χ1) is 11.4. The zero-order valence-electron chi connectivity index (χ0n) is 13.0. The molecule has 2 amide bonds. The fraction of sp³-hybridized carbons (Fsp3) is 0.267. The smallest absolute Gasteiger partial charge is 0.237 e. The first-order valence-electron chi connectivity index (χ1n) is 7.03. The lowest BCUT2D eigenvalue weighted by molar-refractivity contribution is -0.118. The van der Waals surface area contributed by atoms with Crippen molar-refractivity contribution in [1.29, 1.82) is 0 Å². The van der Waals surface area contributed by atoms with E-state index in [9.17, 15) is 14.7 Å². The number of hydrogen-bond acceptors (Lipinski definition) is 5. The van der Waals surface area contributed by atoms with Crippen LogP contribution in [0.2, 0.25) is 5.02 Å². The number of primary amides is 1. The molecule has 9 heteroatoms.